The average Bonchev–Trinajstić information content (AvgIpc) is 2.74. The normalized spacial score (nSPS) is 18.5. The van der Waals surface area contributed by atoms with Crippen LogP contribution in [0, 0.1) is 0 Å². The zero-order valence-corrected chi connectivity index (χ0v) is 12.3. The van der Waals surface area contributed by atoms with Gasteiger partial charge in [0.2, 0.25) is 0 Å². The second kappa shape index (κ2) is 8.25. The van der Waals surface area contributed by atoms with Crippen LogP contribution in [0.25, 0.3) is 0 Å². The summed E-state index contributed by atoms with van der Waals surface area (Å²) in [6.45, 7) is 7.32. The first-order valence-electron chi connectivity index (χ1n) is 7.61. The second-order valence-corrected chi connectivity index (χ2v) is 5.37. The lowest BCUT2D eigenvalue weighted by Crippen LogP contribution is -2.37. The van der Waals surface area contributed by atoms with E-state index in [1.807, 2.05) is 12.1 Å². The Bertz CT molecular complexity index is 373. The first kappa shape index (κ1) is 15.3. The summed E-state index contributed by atoms with van der Waals surface area (Å²) in [5.41, 5.74) is 1.30. The van der Waals surface area contributed by atoms with Crippen LogP contribution in [0.15, 0.2) is 24.3 Å². The number of hydrogen-bond acceptors (Lipinski definition) is 4. The highest BCUT2D eigenvalue weighted by Gasteiger charge is 2.13. The molecule has 2 N–H and O–H groups in total. The lowest BCUT2D eigenvalue weighted by molar-refractivity contribution is 0.0703. The lowest BCUT2D eigenvalue weighted by atomic mass is 10.2. The lowest BCUT2D eigenvalue weighted by Gasteiger charge is -2.23. The third-order valence-corrected chi connectivity index (χ3v) is 3.68. The van der Waals surface area contributed by atoms with Crippen molar-refractivity contribution in [2.75, 3.05) is 39.3 Å². The number of nitrogens with zero attached hydrogens (tertiary/aromatic N) is 1. The van der Waals surface area contributed by atoms with Gasteiger partial charge in [-0.2, -0.15) is 0 Å². The van der Waals surface area contributed by atoms with Crippen LogP contribution >= 0.6 is 0 Å². The number of rotatable bonds is 6. The van der Waals surface area contributed by atoms with Crippen LogP contribution in [0.1, 0.15) is 18.9 Å². The van der Waals surface area contributed by atoms with Crippen molar-refractivity contribution >= 4 is 0 Å². The summed E-state index contributed by atoms with van der Waals surface area (Å²) < 4.78 is 5.65. The molecule has 0 radical (unpaired) electrons. The summed E-state index contributed by atoms with van der Waals surface area (Å²) in [7, 11) is 0. The molecule has 20 heavy (non-hydrogen) atoms. The highest BCUT2D eigenvalue weighted by molar-refractivity contribution is 5.27. The van der Waals surface area contributed by atoms with Crippen LogP contribution in [0.4, 0.5) is 0 Å². The molecule has 1 aliphatic heterocycles. The number of β-amino-alcohol motifs (C(OH)–C–C–N with tert-alkyl or cyclic N) is 1. The van der Waals surface area contributed by atoms with Crippen molar-refractivity contribution in [3.05, 3.63) is 29.8 Å². The Morgan fingerprint density at radius 2 is 2.05 bits per heavy atom. The maximum absolute atomic E-state index is 10.1. The van der Waals surface area contributed by atoms with Gasteiger partial charge in [0, 0.05) is 19.6 Å². The molecule has 1 atom stereocenters. The van der Waals surface area contributed by atoms with Gasteiger partial charge < -0.3 is 15.2 Å². The van der Waals surface area contributed by atoms with Crippen LogP contribution in [0.3, 0.4) is 0 Å². The van der Waals surface area contributed by atoms with Crippen LogP contribution in [0.2, 0.25) is 0 Å². The smallest absolute Gasteiger partial charge is 0.119 e. The van der Waals surface area contributed by atoms with E-state index in [1.165, 1.54) is 5.56 Å². The first-order valence-corrected chi connectivity index (χ1v) is 7.61. The van der Waals surface area contributed by atoms with Crippen molar-refractivity contribution in [2.24, 2.45) is 0 Å². The van der Waals surface area contributed by atoms with Gasteiger partial charge in [-0.25, -0.2) is 0 Å². The van der Waals surface area contributed by atoms with Gasteiger partial charge in [-0.15, -0.1) is 0 Å². The fraction of sp³-hybridized carbons (Fsp3) is 0.625. The molecule has 0 unspecified atom stereocenters. The molecule has 0 bridgehead atoms. The van der Waals surface area contributed by atoms with Crippen molar-refractivity contribution in [1.29, 1.82) is 0 Å². The van der Waals surface area contributed by atoms with Gasteiger partial charge in [0.15, 0.2) is 0 Å². The van der Waals surface area contributed by atoms with E-state index in [-0.39, 0.29) is 0 Å². The molecule has 1 heterocycles. The average molecular weight is 278 g/mol. The van der Waals surface area contributed by atoms with Gasteiger partial charge in [-0.1, -0.05) is 19.1 Å². The minimum atomic E-state index is -0.432. The highest BCUT2D eigenvalue weighted by Crippen LogP contribution is 2.13. The monoisotopic (exact) mass is 278 g/mol. The van der Waals surface area contributed by atoms with Gasteiger partial charge in [0.25, 0.3) is 0 Å². The second-order valence-electron chi connectivity index (χ2n) is 5.37. The Morgan fingerprint density at radius 1 is 1.25 bits per heavy atom. The molecule has 1 aliphatic rings. The van der Waals surface area contributed by atoms with E-state index < -0.39 is 6.10 Å². The quantitative estimate of drug-likeness (QED) is 0.823. The minimum Gasteiger partial charge on any atom is -0.491 e. The molecular weight excluding hydrogens is 252 g/mol. The van der Waals surface area contributed by atoms with E-state index in [4.69, 9.17) is 4.74 Å². The van der Waals surface area contributed by atoms with Crippen LogP contribution in [-0.2, 0) is 6.42 Å². The van der Waals surface area contributed by atoms with Crippen LogP contribution < -0.4 is 10.1 Å². The Morgan fingerprint density at radius 3 is 2.80 bits per heavy atom. The van der Waals surface area contributed by atoms with Crippen molar-refractivity contribution in [3.8, 4) is 5.75 Å². The Hall–Kier alpha value is -1.10. The molecule has 4 heteroatoms. The molecule has 0 aliphatic carbocycles. The Balaban J connectivity index is 1.71. The Kier molecular flexibility index (Phi) is 6.30. The largest absolute Gasteiger partial charge is 0.491 e. The van der Waals surface area contributed by atoms with Crippen molar-refractivity contribution in [1.82, 2.24) is 10.2 Å². The number of hydrogen-bond donors (Lipinski definition) is 2. The van der Waals surface area contributed by atoms with Crippen molar-refractivity contribution in [2.45, 2.75) is 25.9 Å². The van der Waals surface area contributed by atoms with E-state index in [9.17, 15) is 5.11 Å². The SMILES string of the molecule is CCc1ccc(OC[C@H](O)CN2CCCNCC2)cc1. The Labute approximate surface area is 121 Å². The molecule has 0 saturated carbocycles. The van der Waals surface area contributed by atoms with Crippen molar-refractivity contribution in [3.63, 3.8) is 0 Å². The van der Waals surface area contributed by atoms with E-state index in [0.717, 1.165) is 44.8 Å². The molecule has 4 nitrogen and oxygen atoms in total. The zero-order chi connectivity index (χ0) is 14.2. The van der Waals surface area contributed by atoms with Gasteiger partial charge in [0.05, 0.1) is 0 Å². The first-order chi connectivity index (χ1) is 9.78. The summed E-state index contributed by atoms with van der Waals surface area (Å²) in [6, 6.07) is 8.09. The maximum atomic E-state index is 10.1. The van der Waals surface area contributed by atoms with E-state index in [2.05, 4.69) is 29.3 Å². The topological polar surface area (TPSA) is 44.7 Å². The molecule has 0 spiro atoms. The number of aliphatic hydroxyl groups is 1. The predicted octanol–water partition coefficient (Wildman–Crippen LogP) is 1.28. The molecule has 0 aromatic heterocycles. The number of benzene rings is 1. The van der Waals surface area contributed by atoms with Gasteiger partial charge >= 0.3 is 0 Å². The van der Waals surface area contributed by atoms with Crippen LogP contribution in [-0.4, -0.2) is 55.4 Å². The fourth-order valence-electron chi connectivity index (χ4n) is 2.45. The van der Waals surface area contributed by atoms with E-state index >= 15 is 0 Å². The molecule has 2 rings (SSSR count). The zero-order valence-electron chi connectivity index (χ0n) is 12.3. The highest BCUT2D eigenvalue weighted by atomic mass is 16.5. The van der Waals surface area contributed by atoms with Gasteiger partial charge in [-0.3, -0.25) is 4.90 Å². The third-order valence-electron chi connectivity index (χ3n) is 3.68. The van der Waals surface area contributed by atoms with Crippen LogP contribution in [0.5, 0.6) is 5.75 Å². The van der Waals surface area contributed by atoms with Gasteiger partial charge in [0.1, 0.15) is 18.5 Å². The van der Waals surface area contributed by atoms with E-state index in [0.29, 0.717) is 13.2 Å². The molecule has 0 amide bonds. The number of nitrogens with one attached hydrogen (secondary N) is 1. The summed E-state index contributed by atoms with van der Waals surface area (Å²) in [4.78, 5) is 2.30. The fourth-order valence-corrected chi connectivity index (χ4v) is 2.45. The molecule has 1 saturated heterocycles. The molecule has 1 aromatic rings. The summed E-state index contributed by atoms with van der Waals surface area (Å²) >= 11 is 0. The molecule has 112 valence electrons. The number of ether oxygens (including phenoxy) is 1. The number of aliphatic hydroxyl groups excluding tert-OH is 1. The standard InChI is InChI=1S/C16H26N2O2/c1-2-14-4-6-16(7-5-14)20-13-15(19)12-18-10-3-8-17-9-11-18/h4-7,15,17,19H,2-3,8-13H2,1H3/t15-/m1/s1. The number of aryl methyl sites for hydroxylation is 1. The van der Waals surface area contributed by atoms with Gasteiger partial charge in [-0.05, 0) is 43.6 Å². The maximum Gasteiger partial charge on any atom is 0.119 e. The molecule has 1 fully saturated rings. The molecular formula is C16H26N2O2. The van der Waals surface area contributed by atoms with Crippen molar-refractivity contribution < 1.29 is 9.84 Å². The predicted molar refractivity (Wildman–Crippen MR) is 81.2 cm³/mol. The van der Waals surface area contributed by atoms with E-state index in [1.54, 1.807) is 0 Å². The summed E-state index contributed by atoms with van der Waals surface area (Å²) in [5, 5.41) is 13.4. The summed E-state index contributed by atoms with van der Waals surface area (Å²) in [5.74, 6) is 0.832. The third kappa shape index (κ3) is 5.12. The minimum absolute atomic E-state index is 0.357. The molecule has 1 aromatic carbocycles. The summed E-state index contributed by atoms with van der Waals surface area (Å²) in [6.07, 6.45) is 1.75.